The van der Waals surface area contributed by atoms with Gasteiger partial charge in [-0.15, -0.1) is 0 Å². The molecule has 16 heavy (non-hydrogen) atoms. The van der Waals surface area contributed by atoms with Gasteiger partial charge in [0.05, 0.1) is 0 Å². The summed E-state index contributed by atoms with van der Waals surface area (Å²) in [4.78, 5) is 2.30. The molecule has 96 valence electrons. The molecule has 1 aliphatic rings. The van der Waals surface area contributed by atoms with Gasteiger partial charge in [-0.3, -0.25) is 0 Å². The van der Waals surface area contributed by atoms with Gasteiger partial charge in [0.15, 0.2) is 0 Å². The number of likely N-dealkylation sites (N-methyl/N-ethyl adjacent to an activating group) is 1. The van der Waals surface area contributed by atoms with Crippen molar-refractivity contribution in [3.63, 3.8) is 0 Å². The Morgan fingerprint density at radius 3 is 2.12 bits per heavy atom. The molecule has 0 amide bonds. The molecule has 0 spiro atoms. The van der Waals surface area contributed by atoms with E-state index in [4.69, 9.17) is 0 Å². The van der Waals surface area contributed by atoms with Crippen molar-refractivity contribution in [3.8, 4) is 0 Å². The first-order chi connectivity index (χ1) is 7.23. The van der Waals surface area contributed by atoms with Crippen LogP contribution in [0.3, 0.4) is 0 Å². The van der Waals surface area contributed by atoms with Crippen LogP contribution in [-0.2, 0) is 0 Å². The molecule has 1 saturated carbocycles. The molecular weight excluding hydrogens is 196 g/mol. The first kappa shape index (κ1) is 14.0. The van der Waals surface area contributed by atoms with E-state index in [9.17, 15) is 0 Å². The molecule has 0 radical (unpaired) electrons. The van der Waals surface area contributed by atoms with Crippen LogP contribution >= 0.6 is 0 Å². The van der Waals surface area contributed by atoms with Crippen LogP contribution in [0.15, 0.2) is 0 Å². The second kappa shape index (κ2) is 5.05. The topological polar surface area (TPSA) is 15.3 Å². The number of nitrogens with zero attached hydrogens (tertiary/aromatic N) is 1. The third-order valence-corrected chi connectivity index (χ3v) is 4.37. The van der Waals surface area contributed by atoms with Crippen LogP contribution in [-0.4, -0.2) is 37.1 Å². The Labute approximate surface area is 102 Å². The van der Waals surface area contributed by atoms with Gasteiger partial charge in [0.2, 0.25) is 0 Å². The molecule has 0 saturated heterocycles. The molecule has 0 unspecified atom stereocenters. The van der Waals surface area contributed by atoms with Crippen LogP contribution < -0.4 is 5.32 Å². The maximum Gasteiger partial charge on any atom is 0.0271 e. The highest BCUT2D eigenvalue weighted by molar-refractivity contribution is 4.86. The Morgan fingerprint density at radius 2 is 1.69 bits per heavy atom. The first-order valence-corrected chi connectivity index (χ1v) is 6.64. The summed E-state index contributed by atoms with van der Waals surface area (Å²) in [6.45, 7) is 10.5. The lowest BCUT2D eigenvalue weighted by Crippen LogP contribution is -2.50. The monoisotopic (exact) mass is 226 g/mol. The van der Waals surface area contributed by atoms with E-state index in [1.807, 2.05) is 0 Å². The number of hydrogen-bond acceptors (Lipinski definition) is 2. The van der Waals surface area contributed by atoms with Crippen LogP contribution in [0.1, 0.15) is 53.4 Å². The van der Waals surface area contributed by atoms with E-state index in [2.05, 4.69) is 52.0 Å². The largest absolute Gasteiger partial charge is 0.312 e. The lowest BCUT2D eigenvalue weighted by Gasteiger charge is -2.38. The Kier molecular flexibility index (Phi) is 4.42. The van der Waals surface area contributed by atoms with Crippen molar-refractivity contribution in [1.82, 2.24) is 10.2 Å². The summed E-state index contributed by atoms with van der Waals surface area (Å²) in [6.07, 6.45) is 5.42. The molecule has 0 heterocycles. The summed E-state index contributed by atoms with van der Waals surface area (Å²) < 4.78 is 0. The second-order valence-electron chi connectivity index (χ2n) is 7.03. The highest BCUT2D eigenvalue weighted by Gasteiger charge is 2.28. The predicted molar refractivity (Wildman–Crippen MR) is 71.8 cm³/mol. The smallest absolute Gasteiger partial charge is 0.0271 e. The van der Waals surface area contributed by atoms with Crippen molar-refractivity contribution in [1.29, 1.82) is 0 Å². The molecule has 0 atom stereocenters. The molecule has 2 heteroatoms. The zero-order chi connectivity index (χ0) is 12.4. The van der Waals surface area contributed by atoms with E-state index in [0.29, 0.717) is 5.41 Å². The summed E-state index contributed by atoms with van der Waals surface area (Å²) in [5.41, 5.74) is 0.836. The maximum atomic E-state index is 3.74. The van der Waals surface area contributed by atoms with Crippen molar-refractivity contribution in [2.45, 2.75) is 65.0 Å². The SMILES string of the molecule is CN(C)C(C)(C)CNC1CCC(C)(C)CC1. The van der Waals surface area contributed by atoms with Gasteiger partial charge >= 0.3 is 0 Å². The van der Waals surface area contributed by atoms with Gasteiger partial charge in [-0.2, -0.15) is 0 Å². The fourth-order valence-corrected chi connectivity index (χ4v) is 2.16. The third-order valence-electron chi connectivity index (χ3n) is 4.37. The summed E-state index contributed by atoms with van der Waals surface area (Å²) in [6, 6.07) is 0.743. The van der Waals surface area contributed by atoms with E-state index in [1.54, 1.807) is 0 Å². The van der Waals surface area contributed by atoms with Crippen molar-refractivity contribution < 1.29 is 0 Å². The van der Waals surface area contributed by atoms with Gasteiger partial charge in [0.1, 0.15) is 0 Å². The maximum absolute atomic E-state index is 3.74. The van der Waals surface area contributed by atoms with Crippen LogP contribution in [0.4, 0.5) is 0 Å². The van der Waals surface area contributed by atoms with Crippen molar-refractivity contribution in [2.24, 2.45) is 5.41 Å². The minimum Gasteiger partial charge on any atom is -0.312 e. The zero-order valence-electron chi connectivity index (χ0n) is 12.1. The highest BCUT2D eigenvalue weighted by atomic mass is 15.2. The van der Waals surface area contributed by atoms with Gasteiger partial charge < -0.3 is 10.2 Å². The van der Waals surface area contributed by atoms with E-state index >= 15 is 0 Å². The van der Waals surface area contributed by atoms with Crippen molar-refractivity contribution in [2.75, 3.05) is 20.6 Å². The molecule has 1 aliphatic carbocycles. The molecule has 0 aromatic heterocycles. The Bertz CT molecular complexity index is 209. The lowest BCUT2D eigenvalue weighted by atomic mass is 9.75. The minimum atomic E-state index is 0.257. The molecule has 1 N–H and O–H groups in total. The summed E-state index contributed by atoms with van der Waals surface area (Å²) in [5, 5.41) is 3.74. The fourth-order valence-electron chi connectivity index (χ4n) is 2.16. The van der Waals surface area contributed by atoms with Crippen LogP contribution in [0.2, 0.25) is 0 Å². The average Bonchev–Trinajstić information content (AvgIpc) is 2.16. The number of hydrogen-bond donors (Lipinski definition) is 1. The molecule has 0 aliphatic heterocycles. The van der Waals surface area contributed by atoms with Crippen LogP contribution in [0.5, 0.6) is 0 Å². The van der Waals surface area contributed by atoms with E-state index in [1.165, 1.54) is 25.7 Å². The Morgan fingerprint density at radius 1 is 1.19 bits per heavy atom. The second-order valence-corrected chi connectivity index (χ2v) is 7.03. The van der Waals surface area contributed by atoms with Crippen molar-refractivity contribution >= 4 is 0 Å². The quantitative estimate of drug-likeness (QED) is 0.793. The zero-order valence-corrected chi connectivity index (χ0v) is 12.1. The van der Waals surface area contributed by atoms with E-state index in [0.717, 1.165) is 12.6 Å². The molecule has 2 nitrogen and oxygen atoms in total. The molecule has 0 aromatic carbocycles. The van der Waals surface area contributed by atoms with Crippen LogP contribution in [0, 0.1) is 5.41 Å². The third kappa shape index (κ3) is 4.06. The predicted octanol–water partition coefficient (Wildman–Crippen LogP) is 2.89. The van der Waals surface area contributed by atoms with Gasteiger partial charge in [0.25, 0.3) is 0 Å². The molecule has 1 rings (SSSR count). The number of nitrogens with one attached hydrogen (secondary N) is 1. The van der Waals surface area contributed by atoms with E-state index in [-0.39, 0.29) is 5.54 Å². The van der Waals surface area contributed by atoms with E-state index < -0.39 is 0 Å². The minimum absolute atomic E-state index is 0.257. The van der Waals surface area contributed by atoms with Crippen molar-refractivity contribution in [3.05, 3.63) is 0 Å². The highest BCUT2D eigenvalue weighted by Crippen LogP contribution is 2.35. The first-order valence-electron chi connectivity index (χ1n) is 6.64. The number of rotatable bonds is 4. The Hall–Kier alpha value is -0.0800. The van der Waals surface area contributed by atoms with Crippen LogP contribution in [0.25, 0.3) is 0 Å². The summed E-state index contributed by atoms with van der Waals surface area (Å²) >= 11 is 0. The molecular formula is C14H30N2. The normalized spacial score (nSPS) is 22.7. The summed E-state index contributed by atoms with van der Waals surface area (Å²) in [5.74, 6) is 0. The molecule has 0 aromatic rings. The van der Waals surface area contributed by atoms with Gasteiger partial charge in [0, 0.05) is 18.1 Å². The molecule has 0 bridgehead atoms. The van der Waals surface area contributed by atoms with Gasteiger partial charge in [-0.25, -0.2) is 0 Å². The molecule has 1 fully saturated rings. The van der Waals surface area contributed by atoms with Gasteiger partial charge in [-0.1, -0.05) is 13.8 Å². The standard InChI is InChI=1S/C14H30N2/c1-13(2)9-7-12(8-10-13)15-11-14(3,4)16(5)6/h12,15H,7-11H2,1-6H3. The summed E-state index contributed by atoms with van der Waals surface area (Å²) in [7, 11) is 4.32. The Balaban J connectivity index is 2.30. The average molecular weight is 226 g/mol. The lowest BCUT2D eigenvalue weighted by molar-refractivity contribution is 0.160. The fraction of sp³-hybridized carbons (Fsp3) is 1.00. The van der Waals surface area contributed by atoms with Gasteiger partial charge in [-0.05, 0) is 59.0 Å².